The maximum atomic E-state index is 8.91. The highest BCUT2D eigenvalue weighted by atomic mass is 32.1. The van der Waals surface area contributed by atoms with E-state index in [1.807, 2.05) is 0 Å². The van der Waals surface area contributed by atoms with E-state index in [0.717, 1.165) is 19.4 Å². The van der Waals surface area contributed by atoms with Crippen LogP contribution >= 0.6 is 12.2 Å². The van der Waals surface area contributed by atoms with Crippen molar-refractivity contribution < 1.29 is 5.11 Å². The molecule has 0 amide bonds. The number of hydrogen-bond donors (Lipinski definition) is 2. The first-order valence-electron chi connectivity index (χ1n) is 5.25. The van der Waals surface area contributed by atoms with Gasteiger partial charge in [-0.3, -0.25) is 4.90 Å². The van der Waals surface area contributed by atoms with Gasteiger partial charge in [-0.2, -0.15) is 0 Å². The van der Waals surface area contributed by atoms with Gasteiger partial charge in [0.2, 0.25) is 0 Å². The summed E-state index contributed by atoms with van der Waals surface area (Å²) in [6.45, 7) is 6.19. The molecule has 0 saturated carbocycles. The Kier molecular flexibility index (Phi) is 8.04. The predicted octanol–water partition coefficient (Wildman–Crippen LogP) is 1.15. The smallest absolute Gasteiger partial charge is 0.0742 e. The summed E-state index contributed by atoms with van der Waals surface area (Å²) in [5.74, 6) is 0. The van der Waals surface area contributed by atoms with Crippen LogP contribution < -0.4 is 5.73 Å². The van der Waals surface area contributed by atoms with Crippen molar-refractivity contribution in [3.8, 4) is 0 Å². The first-order chi connectivity index (χ1) is 6.61. The lowest BCUT2D eigenvalue weighted by molar-refractivity contribution is 0.159. The Labute approximate surface area is 92.3 Å². The molecule has 1 atom stereocenters. The van der Waals surface area contributed by atoms with Crippen LogP contribution in [0.15, 0.2) is 0 Å². The molecule has 1 unspecified atom stereocenters. The lowest BCUT2D eigenvalue weighted by Gasteiger charge is -2.27. The van der Waals surface area contributed by atoms with Crippen LogP contribution in [0.2, 0.25) is 0 Å². The van der Waals surface area contributed by atoms with Gasteiger partial charge in [-0.05, 0) is 19.9 Å². The van der Waals surface area contributed by atoms with E-state index in [1.54, 1.807) is 0 Å². The third-order valence-corrected chi connectivity index (χ3v) is 2.47. The average molecular weight is 218 g/mol. The van der Waals surface area contributed by atoms with Crippen molar-refractivity contribution in [2.75, 3.05) is 19.7 Å². The quantitative estimate of drug-likeness (QED) is 0.600. The molecular weight excluding hydrogens is 196 g/mol. The van der Waals surface area contributed by atoms with Crippen molar-refractivity contribution in [3.05, 3.63) is 0 Å². The molecule has 0 rings (SSSR count). The van der Waals surface area contributed by atoms with E-state index in [2.05, 4.69) is 18.7 Å². The predicted molar refractivity (Wildman–Crippen MR) is 64.4 cm³/mol. The zero-order valence-electron chi connectivity index (χ0n) is 9.20. The van der Waals surface area contributed by atoms with Gasteiger partial charge in [0.15, 0.2) is 0 Å². The van der Waals surface area contributed by atoms with Gasteiger partial charge in [0.1, 0.15) is 0 Å². The summed E-state index contributed by atoms with van der Waals surface area (Å²) in [6.07, 6.45) is 3.06. The van der Waals surface area contributed by atoms with Crippen molar-refractivity contribution in [3.63, 3.8) is 0 Å². The normalized spacial score (nSPS) is 13.1. The lowest BCUT2D eigenvalue weighted by atomic mass is 10.2. The van der Waals surface area contributed by atoms with Gasteiger partial charge in [-0.15, -0.1) is 0 Å². The first-order valence-corrected chi connectivity index (χ1v) is 5.65. The Hall–Kier alpha value is -0.190. The van der Waals surface area contributed by atoms with Gasteiger partial charge < -0.3 is 10.8 Å². The molecule has 0 aromatic heterocycles. The van der Waals surface area contributed by atoms with Crippen LogP contribution in [0.1, 0.15) is 33.1 Å². The van der Waals surface area contributed by atoms with Crippen LogP contribution in [0.3, 0.4) is 0 Å². The number of rotatable bonds is 8. The Balaban J connectivity index is 3.96. The number of hydrogen-bond acceptors (Lipinski definition) is 3. The lowest BCUT2D eigenvalue weighted by Crippen LogP contribution is -2.38. The summed E-state index contributed by atoms with van der Waals surface area (Å²) in [6, 6.07) is 0.339. The molecule has 0 bridgehead atoms. The second-order valence-electron chi connectivity index (χ2n) is 3.63. The summed E-state index contributed by atoms with van der Waals surface area (Å²) in [4.78, 5) is 2.79. The molecule has 3 nitrogen and oxygen atoms in total. The van der Waals surface area contributed by atoms with Gasteiger partial charge >= 0.3 is 0 Å². The van der Waals surface area contributed by atoms with Gasteiger partial charge in [-0.25, -0.2) is 0 Å². The van der Waals surface area contributed by atoms with E-state index in [4.69, 9.17) is 23.1 Å². The monoisotopic (exact) mass is 218 g/mol. The Morgan fingerprint density at radius 2 is 2.14 bits per heavy atom. The summed E-state index contributed by atoms with van der Waals surface area (Å²) >= 11 is 4.88. The van der Waals surface area contributed by atoms with E-state index >= 15 is 0 Å². The zero-order valence-corrected chi connectivity index (χ0v) is 10.0. The molecule has 3 N–H and O–H groups in total. The fourth-order valence-electron chi connectivity index (χ4n) is 1.46. The fourth-order valence-corrected chi connectivity index (χ4v) is 1.70. The average Bonchev–Trinajstić information content (AvgIpc) is 2.10. The van der Waals surface area contributed by atoms with Gasteiger partial charge in [0.25, 0.3) is 0 Å². The second kappa shape index (κ2) is 8.15. The second-order valence-corrected chi connectivity index (χ2v) is 4.16. The molecule has 0 spiro atoms. The van der Waals surface area contributed by atoms with Crippen LogP contribution in [0.4, 0.5) is 0 Å². The van der Waals surface area contributed by atoms with Crippen molar-refractivity contribution in [1.82, 2.24) is 4.90 Å². The molecule has 0 heterocycles. The number of aliphatic hydroxyl groups excluding tert-OH is 1. The molecule has 4 heteroatoms. The van der Waals surface area contributed by atoms with Crippen LogP contribution in [0.25, 0.3) is 0 Å². The molecule has 0 aliphatic carbocycles. The van der Waals surface area contributed by atoms with Crippen molar-refractivity contribution in [2.24, 2.45) is 5.73 Å². The molecule has 84 valence electrons. The number of aliphatic hydroxyl groups is 1. The summed E-state index contributed by atoms with van der Waals surface area (Å²) in [5.41, 5.74) is 5.50. The van der Waals surface area contributed by atoms with E-state index in [1.165, 1.54) is 6.42 Å². The number of unbranched alkanes of at least 4 members (excludes halogenated alkanes) is 1. The van der Waals surface area contributed by atoms with E-state index in [0.29, 0.717) is 17.6 Å². The minimum Gasteiger partial charge on any atom is -0.395 e. The van der Waals surface area contributed by atoms with Gasteiger partial charge in [0.05, 0.1) is 11.6 Å². The minimum absolute atomic E-state index is 0.200. The minimum atomic E-state index is 0.200. The van der Waals surface area contributed by atoms with Gasteiger partial charge in [-0.1, -0.05) is 25.6 Å². The van der Waals surface area contributed by atoms with Crippen LogP contribution in [-0.4, -0.2) is 40.7 Å². The van der Waals surface area contributed by atoms with E-state index in [9.17, 15) is 0 Å². The zero-order chi connectivity index (χ0) is 11.0. The van der Waals surface area contributed by atoms with Crippen LogP contribution in [-0.2, 0) is 0 Å². The number of thiocarbonyl (C=S) groups is 1. The highest BCUT2D eigenvalue weighted by Gasteiger charge is 2.13. The summed E-state index contributed by atoms with van der Waals surface area (Å²) in [5, 5.41) is 8.91. The van der Waals surface area contributed by atoms with Crippen molar-refractivity contribution in [2.45, 2.75) is 39.2 Å². The molecule has 0 aliphatic rings. The molecule has 0 aliphatic heterocycles. The third kappa shape index (κ3) is 6.29. The molecule has 0 aromatic carbocycles. The van der Waals surface area contributed by atoms with E-state index in [-0.39, 0.29) is 6.61 Å². The van der Waals surface area contributed by atoms with Crippen LogP contribution in [0, 0.1) is 0 Å². The maximum Gasteiger partial charge on any atom is 0.0742 e. The molecule has 14 heavy (non-hydrogen) atoms. The Morgan fingerprint density at radius 1 is 1.50 bits per heavy atom. The standard InChI is InChI=1S/C10H22N2OS/c1-3-4-5-12(6-7-13)9(2)8-10(11)14/h9,13H,3-8H2,1-2H3,(H2,11,14). The van der Waals surface area contributed by atoms with E-state index < -0.39 is 0 Å². The van der Waals surface area contributed by atoms with Crippen molar-refractivity contribution in [1.29, 1.82) is 0 Å². The molecule has 0 saturated heterocycles. The number of nitrogens with zero attached hydrogens (tertiary/aromatic N) is 1. The van der Waals surface area contributed by atoms with Gasteiger partial charge in [0, 0.05) is 19.0 Å². The van der Waals surface area contributed by atoms with Crippen molar-refractivity contribution >= 4 is 17.2 Å². The first kappa shape index (κ1) is 13.8. The maximum absolute atomic E-state index is 8.91. The SMILES string of the molecule is CCCCN(CCO)C(C)CC(N)=S. The highest BCUT2D eigenvalue weighted by molar-refractivity contribution is 7.80. The summed E-state index contributed by atoms with van der Waals surface area (Å²) in [7, 11) is 0. The van der Waals surface area contributed by atoms with Crippen LogP contribution in [0.5, 0.6) is 0 Å². The molecule has 0 aromatic rings. The molecular formula is C10H22N2OS. The third-order valence-electron chi connectivity index (χ3n) is 2.31. The topological polar surface area (TPSA) is 49.5 Å². The summed E-state index contributed by atoms with van der Waals surface area (Å²) < 4.78 is 0. The highest BCUT2D eigenvalue weighted by Crippen LogP contribution is 2.05. The Morgan fingerprint density at radius 3 is 2.57 bits per heavy atom. The Bertz CT molecular complexity index is 164. The largest absolute Gasteiger partial charge is 0.395 e. The number of nitrogens with two attached hydrogens (primary N) is 1. The molecule has 0 fully saturated rings. The molecule has 0 radical (unpaired) electrons. The fraction of sp³-hybridized carbons (Fsp3) is 0.900.